The van der Waals surface area contributed by atoms with Gasteiger partial charge in [0, 0.05) is 0 Å². The largest absolute Gasteiger partial charge is 2.00 e. The topological polar surface area (TPSA) is 127 Å². The van der Waals surface area contributed by atoms with Crippen LogP contribution in [0, 0.1) is 0 Å². The summed E-state index contributed by atoms with van der Waals surface area (Å²) in [6.07, 6.45) is 0. The van der Waals surface area contributed by atoms with E-state index in [2.05, 4.69) is 3.97 Å². The van der Waals surface area contributed by atoms with Crippen molar-refractivity contribution in [3.8, 4) is 0 Å². The van der Waals surface area contributed by atoms with Crippen molar-refractivity contribution in [2.24, 2.45) is 0 Å². The Balaban J connectivity index is 0. The van der Waals surface area contributed by atoms with Crippen LogP contribution in [0.2, 0.25) is 0 Å². The van der Waals surface area contributed by atoms with Gasteiger partial charge in [-0.2, -0.15) is 8.42 Å². The Kier molecular flexibility index (Phi) is 5.13. The number of hydrogen-bond donors (Lipinski definition) is 1. The molecule has 0 rings (SSSR count). The molecule has 0 saturated carbocycles. The third-order valence-electron chi connectivity index (χ3n) is 0.185. The Morgan fingerprint density at radius 2 is 1.70 bits per heavy atom. The molecular weight excluding hydrogens is 240 g/mol. The first-order valence-corrected chi connectivity index (χ1v) is 4.24. The quantitative estimate of drug-likeness (QED) is 0.325. The van der Waals surface area contributed by atoms with Crippen LogP contribution in [0.4, 0.5) is 0 Å². The second-order valence-electron chi connectivity index (χ2n) is 0.949. The van der Waals surface area contributed by atoms with Gasteiger partial charge < -0.3 is 14.4 Å². The van der Waals surface area contributed by atoms with Crippen LogP contribution in [0.5, 0.6) is 0 Å². The van der Waals surface area contributed by atoms with E-state index in [0.717, 1.165) is 0 Å². The zero-order valence-corrected chi connectivity index (χ0v) is 9.14. The van der Waals surface area contributed by atoms with E-state index in [4.69, 9.17) is 4.55 Å². The van der Waals surface area contributed by atoms with Crippen molar-refractivity contribution in [1.82, 2.24) is 0 Å². The van der Waals surface area contributed by atoms with Gasteiger partial charge in [-0.05, 0) is 0 Å². The fraction of sp³-hybridized carbons (Fsp3) is 0. The summed E-state index contributed by atoms with van der Waals surface area (Å²) in [6.45, 7) is 0. The molecule has 0 heterocycles. The number of hydrogen-bond acceptors (Lipinski definition) is 6. The molecule has 0 aliphatic heterocycles. The van der Waals surface area contributed by atoms with Crippen molar-refractivity contribution in [3.63, 3.8) is 0 Å². The Bertz CT molecular complexity index is 220. The minimum Gasteiger partial charge on any atom is -0.789 e. The molecule has 0 amide bonds. The average molecular weight is 241 g/mol. The molecule has 0 unspecified atom stereocenters. The van der Waals surface area contributed by atoms with E-state index in [1.54, 1.807) is 0 Å². The fourth-order valence-corrected chi connectivity index (χ4v) is 1.04. The van der Waals surface area contributed by atoms with Crippen molar-refractivity contribution < 1.29 is 50.8 Å². The van der Waals surface area contributed by atoms with Gasteiger partial charge in [0.1, 0.15) is 0 Å². The molecule has 1 N–H and O–H groups in total. The number of rotatable bonds is 2. The monoisotopic (exact) mass is 240 g/mol. The molecule has 0 radical (unpaired) electrons. The van der Waals surface area contributed by atoms with Crippen molar-refractivity contribution >= 4 is 18.2 Å². The fourth-order valence-electron chi connectivity index (χ4n) is 0.115. The summed E-state index contributed by atoms with van der Waals surface area (Å²) in [5.41, 5.74) is 0. The molecule has 0 spiro atoms. The molecular formula is HO7PSZn. The molecule has 0 aliphatic rings. The van der Waals surface area contributed by atoms with E-state index >= 15 is 0 Å². The third-order valence-corrected chi connectivity index (χ3v) is 1.67. The molecule has 0 saturated heterocycles. The minimum atomic E-state index is -5.63. The maximum atomic E-state index is 9.41. The van der Waals surface area contributed by atoms with Crippen LogP contribution in [-0.4, -0.2) is 13.0 Å². The van der Waals surface area contributed by atoms with Gasteiger partial charge in [0.15, 0.2) is 0 Å². The van der Waals surface area contributed by atoms with E-state index in [1.807, 2.05) is 0 Å². The summed E-state index contributed by atoms with van der Waals surface area (Å²) < 4.78 is 38.3. The first-order valence-electron chi connectivity index (χ1n) is 1.41. The normalized spacial score (nSPS) is 12.3. The predicted octanol–water partition coefficient (Wildman–Crippen LogP) is -2.37. The average Bonchev–Trinajstić information content (AvgIpc) is 1.14. The summed E-state index contributed by atoms with van der Waals surface area (Å²) in [6, 6.07) is 0. The molecule has 0 aliphatic carbocycles. The third kappa shape index (κ3) is 11.4. The standard InChI is InChI=1S/H3O7PS.Zn/c1-8(2,3)7-9(4,5)6;/h(H2,1,2,3)(H,4,5,6);/q;+2/p-2. The van der Waals surface area contributed by atoms with Gasteiger partial charge in [0.05, 0.1) is 7.82 Å². The van der Waals surface area contributed by atoms with E-state index in [0.29, 0.717) is 0 Å². The summed E-state index contributed by atoms with van der Waals surface area (Å²) in [5, 5.41) is 0. The van der Waals surface area contributed by atoms with Crippen LogP contribution < -0.4 is 9.79 Å². The molecule has 7 nitrogen and oxygen atoms in total. The second kappa shape index (κ2) is 3.87. The van der Waals surface area contributed by atoms with E-state index in [1.165, 1.54) is 0 Å². The summed E-state index contributed by atoms with van der Waals surface area (Å²) in [5.74, 6) is 0. The number of phosphoric acid groups is 1. The Labute approximate surface area is 69.3 Å². The van der Waals surface area contributed by atoms with E-state index in [9.17, 15) is 22.8 Å². The van der Waals surface area contributed by atoms with Gasteiger partial charge in [-0.3, -0.25) is 4.55 Å². The van der Waals surface area contributed by atoms with Gasteiger partial charge in [0.2, 0.25) is 0 Å². The molecule has 0 bridgehead atoms. The van der Waals surface area contributed by atoms with Gasteiger partial charge in [-0.1, -0.05) is 0 Å². The molecule has 10 heavy (non-hydrogen) atoms. The van der Waals surface area contributed by atoms with E-state index in [-0.39, 0.29) is 19.5 Å². The van der Waals surface area contributed by atoms with Crippen LogP contribution >= 0.6 is 7.82 Å². The van der Waals surface area contributed by atoms with Crippen LogP contribution in [0.25, 0.3) is 0 Å². The van der Waals surface area contributed by atoms with Gasteiger partial charge in [0.25, 0.3) is 0 Å². The van der Waals surface area contributed by atoms with Gasteiger partial charge in [-0.15, -0.1) is 0 Å². The van der Waals surface area contributed by atoms with Crippen molar-refractivity contribution in [2.45, 2.75) is 0 Å². The first kappa shape index (κ1) is 13.2. The maximum Gasteiger partial charge on any atom is 2.00 e. The smallest absolute Gasteiger partial charge is 0.789 e. The summed E-state index contributed by atoms with van der Waals surface area (Å²) >= 11 is 0. The van der Waals surface area contributed by atoms with Gasteiger partial charge in [-0.25, -0.2) is 3.97 Å². The van der Waals surface area contributed by atoms with Crippen LogP contribution in [0.15, 0.2) is 0 Å². The zero-order chi connectivity index (χ0) is 7.71. The van der Waals surface area contributed by atoms with Crippen LogP contribution in [-0.2, 0) is 38.4 Å². The molecule has 0 aromatic carbocycles. The second-order valence-corrected chi connectivity index (χ2v) is 3.30. The zero-order valence-electron chi connectivity index (χ0n) is 4.46. The maximum absolute atomic E-state index is 9.41. The van der Waals surface area contributed by atoms with Crippen molar-refractivity contribution in [1.29, 1.82) is 0 Å². The first-order chi connectivity index (χ1) is 3.71. The molecule has 0 aromatic heterocycles. The molecule has 0 fully saturated rings. The summed E-state index contributed by atoms with van der Waals surface area (Å²) in [4.78, 5) is 18.7. The molecule has 0 atom stereocenters. The van der Waals surface area contributed by atoms with E-state index < -0.39 is 18.2 Å². The molecule has 56 valence electrons. The van der Waals surface area contributed by atoms with Crippen molar-refractivity contribution in [3.05, 3.63) is 0 Å². The Hall–Kier alpha value is 0.643. The predicted molar refractivity (Wildman–Crippen MR) is 20.2 cm³/mol. The van der Waals surface area contributed by atoms with Crippen LogP contribution in [0.3, 0.4) is 0 Å². The minimum absolute atomic E-state index is 0. The van der Waals surface area contributed by atoms with Crippen LogP contribution in [0.1, 0.15) is 0 Å². The Morgan fingerprint density at radius 1 is 1.40 bits per heavy atom. The molecule has 10 heteroatoms. The van der Waals surface area contributed by atoms with Crippen molar-refractivity contribution in [2.75, 3.05) is 0 Å². The molecule has 0 aromatic rings. The van der Waals surface area contributed by atoms with Gasteiger partial charge >= 0.3 is 29.9 Å². The summed E-state index contributed by atoms with van der Waals surface area (Å²) in [7, 11) is -10.8. The Morgan fingerprint density at radius 3 is 1.70 bits per heavy atom. The SMILES string of the molecule is O=P([O-])([O-])OS(=O)(=O)O.[Zn+2].